The van der Waals surface area contributed by atoms with Crippen LogP contribution in [0.25, 0.3) is 0 Å². The third-order valence-corrected chi connectivity index (χ3v) is 7.80. The van der Waals surface area contributed by atoms with Gasteiger partial charge in [-0.1, -0.05) is 42.5 Å². The summed E-state index contributed by atoms with van der Waals surface area (Å²) in [6, 6.07) is 20.1. The minimum atomic E-state index is -0.614. The van der Waals surface area contributed by atoms with Crippen LogP contribution in [-0.4, -0.2) is 68.6 Å². The molecule has 2 atom stereocenters. The van der Waals surface area contributed by atoms with E-state index in [2.05, 4.69) is 44.5 Å². The van der Waals surface area contributed by atoms with Gasteiger partial charge in [0.1, 0.15) is 17.3 Å². The predicted octanol–water partition coefficient (Wildman–Crippen LogP) is 3.87. The molecule has 2 fully saturated rings. The molecule has 2 aromatic carbocycles. The Labute approximate surface area is 217 Å². The first-order valence-electron chi connectivity index (χ1n) is 13.3. The van der Waals surface area contributed by atoms with E-state index in [4.69, 9.17) is 4.74 Å². The fourth-order valence-corrected chi connectivity index (χ4v) is 5.50. The number of piperidine rings is 1. The molecule has 192 valence electrons. The number of aromatic nitrogens is 2. The van der Waals surface area contributed by atoms with E-state index in [1.807, 2.05) is 30.3 Å². The van der Waals surface area contributed by atoms with Crippen molar-refractivity contribution in [2.45, 2.75) is 56.8 Å². The highest BCUT2D eigenvalue weighted by Crippen LogP contribution is 2.28. The van der Waals surface area contributed by atoms with Crippen molar-refractivity contribution in [3.8, 4) is 11.8 Å². The number of amides is 1. The van der Waals surface area contributed by atoms with Crippen molar-refractivity contribution >= 4 is 11.7 Å². The van der Waals surface area contributed by atoms with Crippen molar-refractivity contribution in [3.05, 3.63) is 77.5 Å². The molecule has 1 saturated heterocycles. The molecule has 0 bridgehead atoms. The lowest BCUT2D eigenvalue weighted by molar-refractivity contribution is -0.0139. The summed E-state index contributed by atoms with van der Waals surface area (Å²) in [5.74, 6) is 0.996. The highest BCUT2D eigenvalue weighted by Gasteiger charge is 2.36. The molecule has 1 aromatic heterocycles. The van der Waals surface area contributed by atoms with Crippen LogP contribution < -0.4 is 10.1 Å². The maximum Gasteiger partial charge on any atom is 0.324 e. The van der Waals surface area contributed by atoms with E-state index in [0.29, 0.717) is 24.2 Å². The Morgan fingerprint density at radius 1 is 0.973 bits per heavy atom. The Kier molecular flexibility index (Phi) is 6.76. The van der Waals surface area contributed by atoms with Gasteiger partial charge in [0.05, 0.1) is 6.10 Å². The zero-order valence-electron chi connectivity index (χ0n) is 20.9. The first-order chi connectivity index (χ1) is 18.1. The second-order valence-corrected chi connectivity index (χ2v) is 10.3. The van der Waals surface area contributed by atoms with Crippen LogP contribution in [0.3, 0.4) is 0 Å². The molecular weight excluding hydrogens is 466 g/mol. The van der Waals surface area contributed by atoms with E-state index in [9.17, 15) is 9.90 Å². The van der Waals surface area contributed by atoms with Gasteiger partial charge in [-0.05, 0) is 55.4 Å². The van der Waals surface area contributed by atoms with Gasteiger partial charge in [-0.25, -0.2) is 0 Å². The highest BCUT2D eigenvalue weighted by molar-refractivity contribution is 5.93. The number of carbonyl (C=O) groups is 1. The minimum Gasteiger partial charge on any atom is -0.424 e. The average molecular weight is 500 g/mol. The minimum absolute atomic E-state index is 0.0376. The molecule has 3 aromatic rings. The van der Waals surface area contributed by atoms with Crippen LogP contribution in [0.5, 0.6) is 11.8 Å². The number of fused-ring (bicyclic) bond motifs is 1. The molecule has 2 N–H and O–H groups in total. The summed E-state index contributed by atoms with van der Waals surface area (Å²) in [5.41, 5.74) is 3.00. The van der Waals surface area contributed by atoms with Crippen molar-refractivity contribution in [3.63, 3.8) is 0 Å². The van der Waals surface area contributed by atoms with Gasteiger partial charge in [0.15, 0.2) is 0 Å². The number of ether oxygens (including phenoxy) is 1. The van der Waals surface area contributed by atoms with Gasteiger partial charge in [-0.15, -0.1) is 0 Å². The van der Waals surface area contributed by atoms with Crippen molar-refractivity contribution < 1.29 is 14.6 Å². The molecule has 1 aliphatic carbocycles. The lowest BCUT2D eigenvalue weighted by Gasteiger charge is -2.43. The standard InChI is InChI=1S/C29H33N5O3/c35-26-19-34(16-14-25(26)33-15-13-20-7-4-5-8-21(20)18-33)28(36)24-17-27(30-22-9-6-10-22)32-29(31-24)37-23-11-2-1-3-12-23/h1-5,7-8,11-12,17,22,25-26,35H,6,9-10,13-16,18-19H2,(H,30,31,32)/t25-,26-/m1/s1. The molecule has 0 unspecified atom stereocenters. The number of likely N-dealkylation sites (tertiary alicyclic amines) is 1. The van der Waals surface area contributed by atoms with Crippen molar-refractivity contribution in [1.29, 1.82) is 0 Å². The van der Waals surface area contributed by atoms with Crippen LogP contribution in [0.2, 0.25) is 0 Å². The summed E-state index contributed by atoms with van der Waals surface area (Å²) >= 11 is 0. The van der Waals surface area contributed by atoms with E-state index >= 15 is 0 Å². The number of aliphatic hydroxyl groups excluding tert-OH is 1. The van der Waals surface area contributed by atoms with Gasteiger partial charge in [-0.3, -0.25) is 9.69 Å². The summed E-state index contributed by atoms with van der Waals surface area (Å²) in [7, 11) is 0. The van der Waals surface area contributed by atoms with Gasteiger partial charge in [0, 0.05) is 44.3 Å². The second-order valence-electron chi connectivity index (χ2n) is 10.3. The Morgan fingerprint density at radius 3 is 2.51 bits per heavy atom. The Bertz CT molecular complexity index is 1250. The first-order valence-corrected chi connectivity index (χ1v) is 13.3. The Morgan fingerprint density at radius 2 is 1.76 bits per heavy atom. The number of rotatable bonds is 6. The van der Waals surface area contributed by atoms with Crippen LogP contribution >= 0.6 is 0 Å². The Hall–Kier alpha value is -3.49. The SMILES string of the molecule is O=C(c1cc(NC2CCC2)nc(Oc2ccccc2)n1)N1CC[C@@H](N2CCc3ccccc3C2)[C@H](O)C1. The number of nitrogens with one attached hydrogen (secondary N) is 1. The third kappa shape index (κ3) is 5.31. The fourth-order valence-electron chi connectivity index (χ4n) is 5.50. The van der Waals surface area contributed by atoms with Crippen molar-refractivity contribution in [2.75, 3.05) is 25.0 Å². The third-order valence-electron chi connectivity index (χ3n) is 7.80. The number of β-amino-alcohol motifs (C(OH)–C–C–N with tert-alkyl or cyclic N) is 1. The molecule has 8 nitrogen and oxygen atoms in total. The van der Waals surface area contributed by atoms with E-state index in [1.54, 1.807) is 11.0 Å². The predicted molar refractivity (Wildman–Crippen MR) is 141 cm³/mol. The van der Waals surface area contributed by atoms with Crippen LogP contribution in [-0.2, 0) is 13.0 Å². The molecule has 3 heterocycles. The normalized spacial score (nSPS) is 22.1. The van der Waals surface area contributed by atoms with Gasteiger partial charge in [0.2, 0.25) is 0 Å². The van der Waals surface area contributed by atoms with Gasteiger partial charge >= 0.3 is 6.01 Å². The van der Waals surface area contributed by atoms with Crippen molar-refractivity contribution in [1.82, 2.24) is 19.8 Å². The topological polar surface area (TPSA) is 90.8 Å². The fraction of sp³-hybridized carbons (Fsp3) is 0.414. The number of aliphatic hydroxyl groups is 1. The van der Waals surface area contributed by atoms with E-state index < -0.39 is 6.10 Å². The van der Waals surface area contributed by atoms with Crippen LogP contribution in [0.1, 0.15) is 47.3 Å². The molecule has 0 spiro atoms. The maximum absolute atomic E-state index is 13.5. The second kappa shape index (κ2) is 10.5. The molecule has 8 heteroatoms. The van der Waals surface area contributed by atoms with Gasteiger partial charge in [-0.2, -0.15) is 9.97 Å². The smallest absolute Gasteiger partial charge is 0.324 e. The molecule has 1 amide bonds. The summed E-state index contributed by atoms with van der Waals surface area (Å²) in [6.07, 6.45) is 4.46. The number of anilines is 1. The lowest BCUT2D eigenvalue weighted by Crippen LogP contribution is -2.56. The van der Waals surface area contributed by atoms with Crippen LogP contribution in [0.15, 0.2) is 60.7 Å². The monoisotopic (exact) mass is 499 g/mol. The molecule has 0 radical (unpaired) electrons. The summed E-state index contributed by atoms with van der Waals surface area (Å²) < 4.78 is 5.89. The maximum atomic E-state index is 13.5. The molecule has 6 rings (SSSR count). The van der Waals surface area contributed by atoms with Crippen LogP contribution in [0, 0.1) is 0 Å². The van der Waals surface area contributed by atoms with Gasteiger partial charge in [0.25, 0.3) is 5.91 Å². The molecular formula is C29H33N5O3. The highest BCUT2D eigenvalue weighted by atomic mass is 16.5. The number of benzene rings is 2. The average Bonchev–Trinajstić information content (AvgIpc) is 2.90. The number of hydrogen-bond acceptors (Lipinski definition) is 7. The number of nitrogens with zero attached hydrogens (tertiary/aromatic N) is 4. The zero-order chi connectivity index (χ0) is 25.2. The quantitative estimate of drug-likeness (QED) is 0.532. The molecule has 3 aliphatic rings. The lowest BCUT2D eigenvalue weighted by atomic mass is 9.93. The van der Waals surface area contributed by atoms with E-state index in [-0.39, 0.29) is 30.2 Å². The molecule has 2 aliphatic heterocycles. The van der Waals surface area contributed by atoms with E-state index in [0.717, 1.165) is 38.8 Å². The zero-order valence-corrected chi connectivity index (χ0v) is 20.9. The van der Waals surface area contributed by atoms with E-state index in [1.165, 1.54) is 17.5 Å². The number of carbonyl (C=O) groups excluding carboxylic acids is 1. The summed E-state index contributed by atoms with van der Waals surface area (Å²) in [6.45, 7) is 2.62. The molecule has 1 saturated carbocycles. The van der Waals surface area contributed by atoms with Crippen molar-refractivity contribution in [2.24, 2.45) is 0 Å². The summed E-state index contributed by atoms with van der Waals surface area (Å²) in [4.78, 5) is 26.6. The molecule has 37 heavy (non-hydrogen) atoms. The largest absolute Gasteiger partial charge is 0.424 e. The first kappa shape index (κ1) is 23.9. The number of hydrogen-bond donors (Lipinski definition) is 2. The van der Waals surface area contributed by atoms with Crippen LogP contribution in [0.4, 0.5) is 5.82 Å². The summed E-state index contributed by atoms with van der Waals surface area (Å²) in [5, 5.41) is 14.5. The van der Waals surface area contributed by atoms with Gasteiger partial charge < -0.3 is 20.1 Å². The Balaban J connectivity index is 1.16. The number of para-hydroxylation sites is 1.